The summed E-state index contributed by atoms with van der Waals surface area (Å²) in [5, 5.41) is 11.9. The van der Waals surface area contributed by atoms with E-state index < -0.39 is 17.9 Å². The van der Waals surface area contributed by atoms with Crippen molar-refractivity contribution in [1.29, 1.82) is 0 Å². The van der Waals surface area contributed by atoms with E-state index in [1.54, 1.807) is 6.20 Å². The standard InChI is InChI=1S/C11H15N3O4/c1-2-14-4-3-12-9(10(14)15)13-8-6-18-5-7(8)11(16)17/h3-4,7-8H,2,5-6H2,1H3,(H,12,13)(H,16,17). The lowest BCUT2D eigenvalue weighted by molar-refractivity contribution is -0.141. The van der Waals surface area contributed by atoms with Crippen molar-refractivity contribution >= 4 is 11.8 Å². The molecule has 0 radical (unpaired) electrons. The van der Waals surface area contributed by atoms with Crippen molar-refractivity contribution < 1.29 is 14.6 Å². The smallest absolute Gasteiger partial charge is 0.311 e. The number of hydrogen-bond donors (Lipinski definition) is 2. The van der Waals surface area contributed by atoms with E-state index in [0.29, 0.717) is 6.54 Å². The third kappa shape index (κ3) is 2.35. The highest BCUT2D eigenvalue weighted by Gasteiger charge is 2.34. The summed E-state index contributed by atoms with van der Waals surface area (Å²) >= 11 is 0. The molecule has 0 bridgehead atoms. The van der Waals surface area contributed by atoms with Crippen molar-refractivity contribution in [1.82, 2.24) is 9.55 Å². The van der Waals surface area contributed by atoms with Crippen LogP contribution in [0.5, 0.6) is 0 Å². The second-order valence-electron chi connectivity index (χ2n) is 4.10. The van der Waals surface area contributed by atoms with Gasteiger partial charge in [0.25, 0.3) is 5.56 Å². The average Bonchev–Trinajstić information content (AvgIpc) is 2.80. The number of aromatic nitrogens is 2. The van der Waals surface area contributed by atoms with Crippen molar-refractivity contribution in [2.75, 3.05) is 18.5 Å². The van der Waals surface area contributed by atoms with E-state index in [-0.39, 0.29) is 24.6 Å². The molecule has 1 aliphatic heterocycles. The maximum Gasteiger partial charge on any atom is 0.311 e. The van der Waals surface area contributed by atoms with Crippen LogP contribution in [-0.2, 0) is 16.1 Å². The molecule has 2 unspecified atom stereocenters. The molecule has 98 valence electrons. The average molecular weight is 253 g/mol. The minimum atomic E-state index is -0.934. The lowest BCUT2D eigenvalue weighted by Crippen LogP contribution is -2.36. The molecule has 1 aliphatic rings. The zero-order chi connectivity index (χ0) is 13.1. The van der Waals surface area contributed by atoms with Crippen LogP contribution in [0.4, 0.5) is 5.82 Å². The first-order valence-electron chi connectivity index (χ1n) is 5.76. The van der Waals surface area contributed by atoms with E-state index in [2.05, 4.69) is 10.3 Å². The van der Waals surface area contributed by atoms with E-state index in [1.165, 1.54) is 10.8 Å². The van der Waals surface area contributed by atoms with E-state index in [0.717, 1.165) is 0 Å². The Morgan fingerprint density at radius 3 is 3.11 bits per heavy atom. The molecule has 1 fully saturated rings. The Balaban J connectivity index is 2.19. The molecule has 0 amide bonds. The van der Waals surface area contributed by atoms with Crippen LogP contribution in [0.1, 0.15) is 6.92 Å². The van der Waals surface area contributed by atoms with E-state index in [1.807, 2.05) is 6.92 Å². The van der Waals surface area contributed by atoms with Gasteiger partial charge in [-0.05, 0) is 6.92 Å². The fraction of sp³-hybridized carbons (Fsp3) is 0.545. The Hall–Kier alpha value is -1.89. The number of aliphatic carboxylic acids is 1. The van der Waals surface area contributed by atoms with Gasteiger partial charge in [-0.1, -0.05) is 0 Å². The predicted molar refractivity (Wildman–Crippen MR) is 63.5 cm³/mol. The molecule has 0 spiro atoms. The Bertz CT molecular complexity index is 499. The number of aryl methyl sites for hydroxylation is 1. The van der Waals surface area contributed by atoms with Gasteiger partial charge in [0.15, 0.2) is 5.82 Å². The SMILES string of the molecule is CCn1ccnc(NC2COCC2C(=O)O)c1=O. The second-order valence-corrected chi connectivity index (χ2v) is 4.10. The largest absolute Gasteiger partial charge is 0.481 e. The lowest BCUT2D eigenvalue weighted by Gasteiger charge is -2.16. The maximum atomic E-state index is 11.9. The van der Waals surface area contributed by atoms with Crippen molar-refractivity contribution in [3.05, 3.63) is 22.7 Å². The van der Waals surface area contributed by atoms with Gasteiger partial charge in [-0.15, -0.1) is 0 Å². The number of carbonyl (C=O) groups is 1. The Labute approximate surface area is 103 Å². The van der Waals surface area contributed by atoms with Crippen LogP contribution in [0.2, 0.25) is 0 Å². The molecule has 0 saturated carbocycles. The topological polar surface area (TPSA) is 93.4 Å². The zero-order valence-corrected chi connectivity index (χ0v) is 10.00. The Morgan fingerprint density at radius 2 is 2.44 bits per heavy atom. The van der Waals surface area contributed by atoms with Gasteiger partial charge in [0.1, 0.15) is 5.92 Å². The van der Waals surface area contributed by atoms with Gasteiger partial charge in [-0.2, -0.15) is 0 Å². The van der Waals surface area contributed by atoms with Gasteiger partial charge in [-0.3, -0.25) is 9.59 Å². The zero-order valence-electron chi connectivity index (χ0n) is 10.00. The molecule has 1 saturated heterocycles. The Kier molecular flexibility index (Phi) is 3.61. The number of ether oxygens (including phenoxy) is 1. The van der Waals surface area contributed by atoms with Gasteiger partial charge in [0.05, 0.1) is 19.3 Å². The number of carboxylic acids is 1. The van der Waals surface area contributed by atoms with Gasteiger partial charge in [0.2, 0.25) is 0 Å². The molecule has 7 nitrogen and oxygen atoms in total. The second kappa shape index (κ2) is 5.18. The summed E-state index contributed by atoms with van der Waals surface area (Å²) in [5.74, 6) is -1.42. The minimum Gasteiger partial charge on any atom is -0.481 e. The monoisotopic (exact) mass is 253 g/mol. The first-order chi connectivity index (χ1) is 8.63. The molecule has 7 heteroatoms. The summed E-state index contributed by atoms with van der Waals surface area (Å²) in [5.41, 5.74) is -0.254. The minimum absolute atomic E-state index is 0.155. The van der Waals surface area contributed by atoms with Crippen LogP contribution in [-0.4, -0.2) is 39.9 Å². The lowest BCUT2D eigenvalue weighted by atomic mass is 10.0. The predicted octanol–water partition coefficient (Wildman–Crippen LogP) is -0.225. The molecule has 2 atom stereocenters. The van der Waals surface area contributed by atoms with Gasteiger partial charge in [-0.25, -0.2) is 4.98 Å². The van der Waals surface area contributed by atoms with Crippen LogP contribution >= 0.6 is 0 Å². The highest BCUT2D eigenvalue weighted by molar-refractivity contribution is 5.72. The van der Waals surface area contributed by atoms with E-state index >= 15 is 0 Å². The first-order valence-corrected chi connectivity index (χ1v) is 5.76. The number of carboxylic acid groups (broad SMARTS) is 1. The van der Waals surface area contributed by atoms with E-state index in [9.17, 15) is 9.59 Å². The number of anilines is 1. The first kappa shape index (κ1) is 12.6. The van der Waals surface area contributed by atoms with Crippen molar-refractivity contribution in [3.63, 3.8) is 0 Å². The molecular formula is C11H15N3O4. The summed E-state index contributed by atoms with van der Waals surface area (Å²) < 4.78 is 6.62. The molecule has 2 rings (SSSR count). The van der Waals surface area contributed by atoms with Gasteiger partial charge >= 0.3 is 5.97 Å². The molecule has 2 N–H and O–H groups in total. The van der Waals surface area contributed by atoms with E-state index in [4.69, 9.17) is 9.84 Å². The number of rotatable bonds is 4. The van der Waals surface area contributed by atoms with Crippen LogP contribution in [0.25, 0.3) is 0 Å². The molecule has 1 aromatic rings. The summed E-state index contributed by atoms with van der Waals surface area (Å²) in [6.07, 6.45) is 3.10. The van der Waals surface area contributed by atoms with Crippen LogP contribution in [0, 0.1) is 5.92 Å². The number of nitrogens with one attached hydrogen (secondary N) is 1. The molecule has 1 aromatic heterocycles. The fourth-order valence-electron chi connectivity index (χ4n) is 1.91. The van der Waals surface area contributed by atoms with Crippen LogP contribution in [0.3, 0.4) is 0 Å². The molecular weight excluding hydrogens is 238 g/mol. The Morgan fingerprint density at radius 1 is 1.67 bits per heavy atom. The third-order valence-electron chi connectivity index (χ3n) is 2.97. The summed E-state index contributed by atoms with van der Waals surface area (Å²) in [7, 11) is 0. The van der Waals surface area contributed by atoms with Gasteiger partial charge in [0, 0.05) is 18.9 Å². The highest BCUT2D eigenvalue weighted by atomic mass is 16.5. The molecule has 0 aromatic carbocycles. The fourth-order valence-corrected chi connectivity index (χ4v) is 1.91. The van der Waals surface area contributed by atoms with Crippen molar-refractivity contribution in [3.8, 4) is 0 Å². The maximum absolute atomic E-state index is 11.9. The molecule has 18 heavy (non-hydrogen) atoms. The van der Waals surface area contributed by atoms with Crippen LogP contribution < -0.4 is 10.9 Å². The van der Waals surface area contributed by atoms with Crippen molar-refractivity contribution in [2.45, 2.75) is 19.5 Å². The summed E-state index contributed by atoms with van der Waals surface area (Å²) in [4.78, 5) is 26.9. The highest BCUT2D eigenvalue weighted by Crippen LogP contribution is 2.16. The quantitative estimate of drug-likeness (QED) is 0.770. The summed E-state index contributed by atoms with van der Waals surface area (Å²) in [6.45, 7) is 2.81. The van der Waals surface area contributed by atoms with Crippen molar-refractivity contribution in [2.24, 2.45) is 5.92 Å². The normalized spacial score (nSPS) is 22.9. The molecule has 2 heterocycles. The number of nitrogens with zero attached hydrogens (tertiary/aromatic N) is 2. The van der Waals surface area contributed by atoms with Gasteiger partial charge < -0.3 is 19.7 Å². The molecule has 0 aliphatic carbocycles. The van der Waals surface area contributed by atoms with Crippen LogP contribution in [0.15, 0.2) is 17.2 Å². The summed E-state index contributed by atoms with van der Waals surface area (Å²) in [6, 6.07) is -0.421. The number of hydrogen-bond acceptors (Lipinski definition) is 5. The third-order valence-corrected chi connectivity index (χ3v) is 2.97.